The maximum absolute atomic E-state index is 11.3. The zero-order valence-electron chi connectivity index (χ0n) is 21.3. The van der Waals surface area contributed by atoms with Crippen molar-refractivity contribution < 1.29 is 5.11 Å². The van der Waals surface area contributed by atoms with Crippen LogP contribution >= 0.6 is 0 Å². The Hall–Kier alpha value is -2.72. The molecule has 4 heteroatoms. The van der Waals surface area contributed by atoms with Crippen LogP contribution in [0.15, 0.2) is 65.6 Å². The molecule has 0 aromatic heterocycles. The van der Waals surface area contributed by atoms with Gasteiger partial charge in [-0.05, 0) is 92.1 Å². The lowest BCUT2D eigenvalue weighted by atomic mass is 9.50. The molecule has 176 valence electrons. The van der Waals surface area contributed by atoms with E-state index in [2.05, 4.69) is 76.5 Å². The lowest BCUT2D eigenvalue weighted by Crippen LogP contribution is -2.53. The molecule has 0 heterocycles. The van der Waals surface area contributed by atoms with Crippen LogP contribution in [0.2, 0.25) is 0 Å². The molecule has 4 rings (SSSR count). The first-order chi connectivity index (χ1) is 15.3. The van der Waals surface area contributed by atoms with E-state index in [1.807, 2.05) is 14.1 Å². The van der Waals surface area contributed by atoms with Crippen LogP contribution in [0.5, 0.6) is 0 Å². The van der Waals surface area contributed by atoms with E-state index < -0.39 is 0 Å². The van der Waals surface area contributed by atoms with Crippen molar-refractivity contribution in [3.63, 3.8) is 0 Å². The van der Waals surface area contributed by atoms with Crippen molar-refractivity contribution in [2.75, 3.05) is 33.1 Å². The van der Waals surface area contributed by atoms with E-state index >= 15 is 0 Å². The van der Waals surface area contributed by atoms with Crippen LogP contribution in [0.4, 0.5) is 5.69 Å². The fourth-order valence-electron chi connectivity index (χ4n) is 6.97. The average Bonchev–Trinajstić information content (AvgIpc) is 2.70. The molecule has 4 atom stereocenters. The summed E-state index contributed by atoms with van der Waals surface area (Å²) in [4.78, 5) is 4.33. The Balaban J connectivity index is 1.98. The van der Waals surface area contributed by atoms with Crippen LogP contribution in [0, 0.1) is 24.2 Å². The average molecular weight is 446 g/mol. The van der Waals surface area contributed by atoms with Gasteiger partial charge in [0, 0.05) is 36.5 Å². The third-order valence-electron chi connectivity index (χ3n) is 8.65. The summed E-state index contributed by atoms with van der Waals surface area (Å²) >= 11 is 0. The summed E-state index contributed by atoms with van der Waals surface area (Å²) in [6.45, 7) is 19.8. The van der Waals surface area contributed by atoms with Crippen LogP contribution < -0.4 is 10.6 Å². The summed E-state index contributed by atoms with van der Waals surface area (Å²) in [5.41, 5.74) is 16.8. The first-order valence-corrected chi connectivity index (χ1v) is 11.8. The Morgan fingerprint density at radius 3 is 2.33 bits per heavy atom. The molecule has 0 bridgehead atoms. The number of aliphatic hydroxyl groups is 1. The van der Waals surface area contributed by atoms with Crippen molar-refractivity contribution in [3.8, 4) is 0 Å². The molecule has 0 aliphatic heterocycles. The second kappa shape index (κ2) is 7.66. The van der Waals surface area contributed by atoms with Gasteiger partial charge in [-0.2, -0.15) is 0 Å². The molecular weight excluding hydrogens is 406 g/mol. The minimum absolute atomic E-state index is 0.146. The molecule has 3 N–H and O–H groups in total. The van der Waals surface area contributed by atoms with E-state index in [0.29, 0.717) is 22.9 Å². The van der Waals surface area contributed by atoms with E-state index in [1.165, 1.54) is 33.5 Å². The van der Waals surface area contributed by atoms with Gasteiger partial charge in [-0.25, -0.2) is 0 Å². The van der Waals surface area contributed by atoms with Gasteiger partial charge >= 0.3 is 0 Å². The number of allylic oxidation sites excluding steroid dienone is 4. The van der Waals surface area contributed by atoms with Crippen LogP contribution in [-0.4, -0.2) is 44.2 Å². The van der Waals surface area contributed by atoms with Gasteiger partial charge in [-0.3, -0.25) is 4.90 Å². The number of benzene rings is 1. The van der Waals surface area contributed by atoms with Crippen LogP contribution in [0.25, 0.3) is 5.57 Å². The molecule has 33 heavy (non-hydrogen) atoms. The fraction of sp³-hybridized carbons (Fsp3) is 0.448. The Labute approximate surface area is 199 Å². The van der Waals surface area contributed by atoms with E-state index in [9.17, 15) is 5.11 Å². The number of likely N-dealkylation sites (N-methyl/N-ethyl adjacent to an activating group) is 1. The Morgan fingerprint density at radius 2 is 1.79 bits per heavy atom. The number of aryl methyl sites for hydroxylation is 1. The molecule has 0 amide bonds. The normalized spacial score (nSPS) is 29.2. The molecule has 0 saturated carbocycles. The maximum Gasteiger partial charge on any atom is 0.119 e. The molecule has 1 aromatic rings. The monoisotopic (exact) mass is 445 g/mol. The number of nitrogens with zero attached hydrogens (tertiary/aromatic N) is 2. The van der Waals surface area contributed by atoms with Crippen molar-refractivity contribution in [3.05, 3.63) is 82.3 Å². The minimum Gasteiger partial charge on any atom is -0.510 e. The van der Waals surface area contributed by atoms with Crippen LogP contribution in [0.3, 0.4) is 0 Å². The Kier molecular flexibility index (Phi) is 5.44. The van der Waals surface area contributed by atoms with E-state index in [0.717, 1.165) is 24.0 Å². The van der Waals surface area contributed by atoms with Gasteiger partial charge in [0.2, 0.25) is 0 Å². The summed E-state index contributed by atoms with van der Waals surface area (Å²) in [7, 11) is 8.28. The Morgan fingerprint density at radius 1 is 1.15 bits per heavy atom. The van der Waals surface area contributed by atoms with Gasteiger partial charge in [0.05, 0.1) is 6.04 Å². The minimum atomic E-state index is -0.335. The summed E-state index contributed by atoms with van der Waals surface area (Å²) in [6.07, 6.45) is 1.94. The number of aliphatic hydroxyl groups excluding tert-OH is 1. The van der Waals surface area contributed by atoms with Crippen molar-refractivity contribution in [1.29, 1.82) is 0 Å². The molecular formula is C29H39N3O. The highest BCUT2D eigenvalue weighted by Crippen LogP contribution is 2.62. The quantitative estimate of drug-likeness (QED) is 0.656. The molecule has 3 aliphatic carbocycles. The second-order valence-corrected chi connectivity index (χ2v) is 10.8. The van der Waals surface area contributed by atoms with E-state index in [4.69, 9.17) is 5.73 Å². The first-order valence-electron chi connectivity index (χ1n) is 11.8. The topological polar surface area (TPSA) is 52.7 Å². The predicted octanol–water partition coefficient (Wildman–Crippen LogP) is 5.37. The molecule has 0 spiro atoms. The highest BCUT2D eigenvalue weighted by atomic mass is 16.3. The number of hydrogen-bond donors (Lipinski definition) is 2. The van der Waals surface area contributed by atoms with Gasteiger partial charge in [0.15, 0.2) is 0 Å². The highest BCUT2D eigenvalue weighted by molar-refractivity contribution is 5.88. The van der Waals surface area contributed by atoms with Crippen molar-refractivity contribution in [2.45, 2.75) is 39.7 Å². The Bertz CT molecular complexity index is 1150. The molecule has 3 aliphatic rings. The SMILES string of the molecule is C=C(N)C1=C(O)[C@@H](N(C)C)[C@@H]2C[C@@H]3Cc4c(N(C)C)ccc(C)c4C(=C)C3=C(C)[C@]2(C)C1=C. The molecule has 0 radical (unpaired) electrons. The highest BCUT2D eigenvalue weighted by Gasteiger charge is 2.55. The lowest BCUT2D eigenvalue weighted by molar-refractivity contribution is 0.0808. The fourth-order valence-corrected chi connectivity index (χ4v) is 6.97. The second-order valence-electron chi connectivity index (χ2n) is 10.8. The predicted molar refractivity (Wildman–Crippen MR) is 140 cm³/mol. The van der Waals surface area contributed by atoms with Gasteiger partial charge in [-0.15, -0.1) is 0 Å². The summed E-state index contributed by atoms with van der Waals surface area (Å²) in [5, 5.41) is 11.3. The standard InChI is InChI=1S/C29H39N3O/c1-15-11-12-23(31(7)8)21-13-20-14-22-27(32(9)10)28(33)26(19(5)30)18(4)29(22,6)17(3)25(20)16(2)24(15)21/h11-12,20,22,27,33H,2,4-5,13-14,30H2,1,3,6-10H3/t20-,22-,27-,29+/m0/s1. The summed E-state index contributed by atoms with van der Waals surface area (Å²) in [6, 6.07) is 4.30. The van der Waals surface area contributed by atoms with Gasteiger partial charge < -0.3 is 15.7 Å². The lowest BCUT2D eigenvalue weighted by Gasteiger charge is -2.56. The van der Waals surface area contributed by atoms with Crippen LogP contribution in [0.1, 0.15) is 37.0 Å². The van der Waals surface area contributed by atoms with Crippen LogP contribution in [-0.2, 0) is 6.42 Å². The number of fused-ring (bicyclic) bond motifs is 3. The van der Waals surface area contributed by atoms with E-state index in [-0.39, 0.29) is 17.4 Å². The number of anilines is 1. The first kappa shape index (κ1) is 23.4. The third kappa shape index (κ3) is 3.07. The molecule has 0 unspecified atom stereocenters. The zero-order valence-corrected chi connectivity index (χ0v) is 21.3. The van der Waals surface area contributed by atoms with Crippen molar-refractivity contribution in [2.24, 2.45) is 23.0 Å². The van der Waals surface area contributed by atoms with Gasteiger partial charge in [-0.1, -0.05) is 38.3 Å². The smallest absolute Gasteiger partial charge is 0.119 e. The summed E-state index contributed by atoms with van der Waals surface area (Å²) < 4.78 is 0. The number of hydrogen-bond acceptors (Lipinski definition) is 4. The molecule has 1 aromatic carbocycles. The van der Waals surface area contributed by atoms with E-state index in [1.54, 1.807) is 0 Å². The van der Waals surface area contributed by atoms with Gasteiger partial charge in [0.25, 0.3) is 0 Å². The van der Waals surface area contributed by atoms with Gasteiger partial charge in [0.1, 0.15) is 5.76 Å². The van der Waals surface area contributed by atoms with Crippen molar-refractivity contribution in [1.82, 2.24) is 4.90 Å². The zero-order chi connectivity index (χ0) is 24.6. The molecule has 4 nitrogen and oxygen atoms in total. The number of rotatable bonds is 3. The van der Waals surface area contributed by atoms with Crippen molar-refractivity contribution >= 4 is 11.3 Å². The summed E-state index contributed by atoms with van der Waals surface area (Å²) in [5.74, 6) is 0.837. The third-order valence-corrected chi connectivity index (χ3v) is 8.65. The largest absolute Gasteiger partial charge is 0.510 e. The number of nitrogens with two attached hydrogens (primary N) is 1. The maximum atomic E-state index is 11.3. The molecule has 0 fully saturated rings. The molecule has 0 saturated heterocycles.